The van der Waals surface area contributed by atoms with Gasteiger partial charge in [0.25, 0.3) is 5.91 Å². The Morgan fingerprint density at radius 2 is 2.00 bits per heavy atom. The molecule has 5 nitrogen and oxygen atoms in total. The number of aryl methyl sites for hydroxylation is 2. The van der Waals surface area contributed by atoms with Gasteiger partial charge in [0, 0.05) is 18.7 Å². The smallest absolute Gasteiger partial charge is 0.253 e. The molecule has 0 fully saturated rings. The largest absolute Gasteiger partial charge is 0.352 e. The number of amides is 1. The summed E-state index contributed by atoms with van der Waals surface area (Å²) in [4.78, 5) is 20.9. The van der Waals surface area contributed by atoms with Gasteiger partial charge >= 0.3 is 0 Å². The Kier molecular flexibility index (Phi) is 4.47. The van der Waals surface area contributed by atoms with Crippen molar-refractivity contribution in [3.63, 3.8) is 0 Å². The Bertz CT molecular complexity index is 685. The number of nitrogens with one attached hydrogen (secondary N) is 1. The highest BCUT2D eigenvalue weighted by Gasteiger charge is 2.15. The van der Waals surface area contributed by atoms with Crippen molar-refractivity contribution in [2.24, 2.45) is 5.73 Å². The number of nitrogens with zero attached hydrogens (tertiary/aromatic N) is 2. The molecule has 2 rings (SSSR count). The quantitative estimate of drug-likeness (QED) is 0.900. The Labute approximate surface area is 122 Å². The van der Waals surface area contributed by atoms with E-state index in [1.165, 1.54) is 12.1 Å². The number of carbonyl (C=O) groups excluding carboxylic acids is 1. The van der Waals surface area contributed by atoms with E-state index in [2.05, 4.69) is 15.3 Å². The molecule has 0 spiro atoms. The van der Waals surface area contributed by atoms with Crippen LogP contribution in [0.5, 0.6) is 0 Å². The van der Waals surface area contributed by atoms with Crippen LogP contribution >= 0.6 is 0 Å². The van der Waals surface area contributed by atoms with Gasteiger partial charge in [-0.2, -0.15) is 0 Å². The molecule has 1 amide bonds. The van der Waals surface area contributed by atoms with Crippen molar-refractivity contribution in [1.29, 1.82) is 0 Å². The highest BCUT2D eigenvalue weighted by molar-refractivity contribution is 6.04. The Morgan fingerprint density at radius 3 is 2.67 bits per heavy atom. The average Bonchev–Trinajstić information content (AvgIpc) is 2.39. The lowest BCUT2D eigenvalue weighted by molar-refractivity contribution is 0.0954. The van der Waals surface area contributed by atoms with E-state index in [0.29, 0.717) is 24.0 Å². The first kappa shape index (κ1) is 15.3. The molecule has 21 heavy (non-hydrogen) atoms. The molecular weight excluding hydrogens is 271 g/mol. The lowest BCUT2D eigenvalue weighted by Gasteiger charge is -2.10. The maximum absolute atomic E-state index is 13.7. The molecule has 6 heteroatoms. The third kappa shape index (κ3) is 3.52. The maximum atomic E-state index is 13.7. The van der Waals surface area contributed by atoms with Gasteiger partial charge in [0.1, 0.15) is 11.3 Å². The number of halogens is 1. The molecule has 0 saturated heterocycles. The van der Waals surface area contributed by atoms with Crippen LogP contribution in [0.2, 0.25) is 0 Å². The Balaban J connectivity index is 2.38. The van der Waals surface area contributed by atoms with Crippen LogP contribution in [0.25, 0.3) is 11.0 Å². The van der Waals surface area contributed by atoms with Crippen LogP contribution in [-0.4, -0.2) is 28.5 Å². The summed E-state index contributed by atoms with van der Waals surface area (Å²) >= 11 is 0. The van der Waals surface area contributed by atoms with Crippen molar-refractivity contribution >= 4 is 16.9 Å². The first-order valence-electron chi connectivity index (χ1n) is 6.86. The fourth-order valence-corrected chi connectivity index (χ4v) is 1.98. The highest BCUT2D eigenvalue weighted by atomic mass is 19.1. The lowest BCUT2D eigenvalue weighted by atomic mass is 10.1. The molecule has 1 heterocycles. The molecule has 3 N–H and O–H groups in total. The standard InChI is InChI=1S/C15H19FN4O/c1-8(17)4-5-18-15(21)12-6-11(16)7-13-14(12)20-10(3)9(2)19-13/h6-8H,4-5,17H2,1-3H3,(H,18,21). The number of rotatable bonds is 4. The van der Waals surface area contributed by atoms with Crippen LogP contribution in [0.3, 0.4) is 0 Å². The lowest BCUT2D eigenvalue weighted by Crippen LogP contribution is -2.29. The molecule has 0 radical (unpaired) electrons. The molecule has 0 aliphatic carbocycles. The van der Waals surface area contributed by atoms with Gasteiger partial charge in [-0.1, -0.05) is 0 Å². The molecular formula is C15H19FN4O. The van der Waals surface area contributed by atoms with Gasteiger partial charge in [-0.3, -0.25) is 4.79 Å². The molecule has 0 bridgehead atoms. The average molecular weight is 290 g/mol. The van der Waals surface area contributed by atoms with Crippen molar-refractivity contribution in [2.75, 3.05) is 6.54 Å². The topological polar surface area (TPSA) is 80.9 Å². The number of carbonyl (C=O) groups is 1. The first-order chi connectivity index (χ1) is 9.88. The minimum absolute atomic E-state index is 0.000704. The predicted octanol–water partition coefficient (Wildman–Crippen LogP) is 1.85. The molecule has 2 aromatic rings. The van der Waals surface area contributed by atoms with Crippen LogP contribution in [0.4, 0.5) is 4.39 Å². The second-order valence-electron chi connectivity index (χ2n) is 5.24. The van der Waals surface area contributed by atoms with E-state index < -0.39 is 5.82 Å². The Morgan fingerprint density at radius 1 is 1.33 bits per heavy atom. The second-order valence-corrected chi connectivity index (χ2v) is 5.24. The molecule has 1 aromatic heterocycles. The van der Waals surface area contributed by atoms with Gasteiger partial charge in [0.05, 0.1) is 22.5 Å². The van der Waals surface area contributed by atoms with E-state index in [-0.39, 0.29) is 17.5 Å². The number of nitrogens with two attached hydrogens (primary N) is 1. The summed E-state index contributed by atoms with van der Waals surface area (Å²) in [5.74, 6) is -0.866. The summed E-state index contributed by atoms with van der Waals surface area (Å²) in [6, 6.07) is 2.47. The first-order valence-corrected chi connectivity index (χ1v) is 6.86. The highest BCUT2D eigenvalue weighted by Crippen LogP contribution is 2.19. The van der Waals surface area contributed by atoms with E-state index in [1.807, 2.05) is 13.8 Å². The van der Waals surface area contributed by atoms with Crippen molar-refractivity contribution in [1.82, 2.24) is 15.3 Å². The Hall–Kier alpha value is -2.08. The third-order valence-electron chi connectivity index (χ3n) is 3.28. The number of fused-ring (bicyclic) bond motifs is 1. The van der Waals surface area contributed by atoms with Crippen molar-refractivity contribution in [3.05, 3.63) is 34.9 Å². The summed E-state index contributed by atoms with van der Waals surface area (Å²) < 4.78 is 13.7. The minimum atomic E-state index is -0.502. The van der Waals surface area contributed by atoms with Crippen molar-refractivity contribution in [2.45, 2.75) is 33.2 Å². The van der Waals surface area contributed by atoms with Crippen molar-refractivity contribution in [3.8, 4) is 0 Å². The second kappa shape index (κ2) is 6.13. The number of aromatic nitrogens is 2. The minimum Gasteiger partial charge on any atom is -0.352 e. The van der Waals surface area contributed by atoms with Gasteiger partial charge in [-0.15, -0.1) is 0 Å². The summed E-state index contributed by atoms with van der Waals surface area (Å²) in [7, 11) is 0. The predicted molar refractivity (Wildman–Crippen MR) is 79.6 cm³/mol. The van der Waals surface area contributed by atoms with Crippen LogP contribution in [-0.2, 0) is 0 Å². The molecule has 0 aliphatic rings. The van der Waals surface area contributed by atoms with Gasteiger partial charge in [-0.25, -0.2) is 14.4 Å². The van der Waals surface area contributed by atoms with E-state index >= 15 is 0 Å². The molecule has 1 aromatic carbocycles. The third-order valence-corrected chi connectivity index (χ3v) is 3.28. The molecule has 1 unspecified atom stereocenters. The number of benzene rings is 1. The molecule has 0 aliphatic heterocycles. The SMILES string of the molecule is Cc1nc2cc(F)cc(C(=O)NCCC(C)N)c2nc1C. The number of hydrogen-bond acceptors (Lipinski definition) is 4. The van der Waals surface area contributed by atoms with Gasteiger partial charge in [0.2, 0.25) is 0 Å². The summed E-state index contributed by atoms with van der Waals surface area (Å²) in [5, 5.41) is 2.73. The van der Waals surface area contributed by atoms with Gasteiger partial charge < -0.3 is 11.1 Å². The summed E-state index contributed by atoms with van der Waals surface area (Å²) in [5.41, 5.74) is 8.07. The van der Waals surface area contributed by atoms with Crippen LogP contribution in [0.1, 0.15) is 35.1 Å². The molecule has 1 atom stereocenters. The summed E-state index contributed by atoms with van der Waals surface area (Å²) in [6.45, 7) is 5.91. The van der Waals surface area contributed by atoms with Gasteiger partial charge in [0.15, 0.2) is 0 Å². The van der Waals surface area contributed by atoms with E-state index in [9.17, 15) is 9.18 Å². The van der Waals surface area contributed by atoms with E-state index in [0.717, 1.165) is 11.4 Å². The zero-order valence-corrected chi connectivity index (χ0v) is 12.4. The van der Waals surface area contributed by atoms with Crippen molar-refractivity contribution < 1.29 is 9.18 Å². The fourth-order valence-electron chi connectivity index (χ4n) is 1.98. The maximum Gasteiger partial charge on any atom is 0.253 e. The monoisotopic (exact) mass is 290 g/mol. The zero-order chi connectivity index (χ0) is 15.6. The molecule has 112 valence electrons. The summed E-state index contributed by atoms with van der Waals surface area (Å²) in [6.07, 6.45) is 0.656. The van der Waals surface area contributed by atoms with Gasteiger partial charge in [-0.05, 0) is 33.3 Å². The van der Waals surface area contributed by atoms with Crippen LogP contribution < -0.4 is 11.1 Å². The van der Waals surface area contributed by atoms with Crippen LogP contribution in [0, 0.1) is 19.7 Å². The number of hydrogen-bond donors (Lipinski definition) is 2. The fraction of sp³-hybridized carbons (Fsp3) is 0.400. The van der Waals surface area contributed by atoms with E-state index in [4.69, 9.17) is 5.73 Å². The van der Waals surface area contributed by atoms with Crippen LogP contribution in [0.15, 0.2) is 12.1 Å². The zero-order valence-electron chi connectivity index (χ0n) is 12.4. The normalized spacial score (nSPS) is 12.4. The van der Waals surface area contributed by atoms with E-state index in [1.54, 1.807) is 6.92 Å². The molecule has 0 saturated carbocycles.